The molecule has 1 amide bonds. The lowest BCUT2D eigenvalue weighted by Gasteiger charge is -2.37. The van der Waals surface area contributed by atoms with Gasteiger partial charge in [-0.1, -0.05) is 12.1 Å². The van der Waals surface area contributed by atoms with Gasteiger partial charge in [-0.15, -0.1) is 0 Å². The molecule has 1 fully saturated rings. The molecule has 5 nitrogen and oxygen atoms in total. The molecule has 0 saturated carbocycles. The summed E-state index contributed by atoms with van der Waals surface area (Å²) in [5, 5.41) is 3.45. The van der Waals surface area contributed by atoms with Crippen molar-refractivity contribution in [3.8, 4) is 0 Å². The number of carbonyl (C=O) groups is 1. The van der Waals surface area contributed by atoms with E-state index in [4.69, 9.17) is 4.74 Å². The van der Waals surface area contributed by atoms with Crippen LogP contribution in [0.2, 0.25) is 0 Å². The summed E-state index contributed by atoms with van der Waals surface area (Å²) in [6, 6.07) is 6.58. The van der Waals surface area contributed by atoms with Gasteiger partial charge in [0.2, 0.25) is 0 Å². The number of hydrogen-bond donors (Lipinski definition) is 1. The van der Waals surface area contributed by atoms with Crippen molar-refractivity contribution < 1.29 is 9.53 Å². The second-order valence-electron chi connectivity index (χ2n) is 5.51. The Morgan fingerprint density at radius 2 is 2.10 bits per heavy atom. The number of rotatable bonds is 2. The maximum atomic E-state index is 11.7. The molecular formula is C16H23N3O2. The molecule has 1 aromatic rings. The Morgan fingerprint density at radius 1 is 1.29 bits per heavy atom. The van der Waals surface area contributed by atoms with Crippen LogP contribution in [0.4, 0.5) is 10.5 Å². The first kappa shape index (κ1) is 14.2. The van der Waals surface area contributed by atoms with Crippen LogP contribution in [0.25, 0.3) is 0 Å². The normalized spacial score (nSPS) is 18.3. The van der Waals surface area contributed by atoms with Gasteiger partial charge in [0.1, 0.15) is 0 Å². The van der Waals surface area contributed by atoms with Crippen molar-refractivity contribution in [2.45, 2.75) is 19.9 Å². The van der Waals surface area contributed by atoms with Gasteiger partial charge in [-0.25, -0.2) is 4.79 Å². The molecule has 0 atom stereocenters. The molecule has 2 heterocycles. The highest BCUT2D eigenvalue weighted by Gasteiger charge is 2.24. The zero-order chi connectivity index (χ0) is 14.7. The largest absolute Gasteiger partial charge is 0.450 e. The van der Waals surface area contributed by atoms with Crippen molar-refractivity contribution in [1.29, 1.82) is 0 Å². The lowest BCUT2D eigenvalue weighted by Crippen LogP contribution is -2.49. The standard InChI is InChI=1S/C16H23N3O2/c1-2-21-16(20)19-10-8-18(9-11-19)15-5-3-4-13-6-7-17-12-14(13)15/h3-5,17H,2,6-12H2,1H3. The Kier molecular flexibility index (Phi) is 4.29. The summed E-state index contributed by atoms with van der Waals surface area (Å²) in [6.45, 7) is 7.50. The van der Waals surface area contributed by atoms with Gasteiger partial charge in [0, 0.05) is 38.4 Å². The molecule has 2 aliphatic heterocycles. The topological polar surface area (TPSA) is 44.8 Å². The first-order valence-corrected chi connectivity index (χ1v) is 7.77. The zero-order valence-electron chi connectivity index (χ0n) is 12.6. The average Bonchev–Trinajstić information content (AvgIpc) is 2.55. The molecule has 114 valence electrons. The second-order valence-corrected chi connectivity index (χ2v) is 5.51. The quantitative estimate of drug-likeness (QED) is 0.898. The van der Waals surface area contributed by atoms with E-state index in [9.17, 15) is 4.79 Å². The molecule has 3 rings (SSSR count). The predicted molar refractivity (Wildman–Crippen MR) is 82.7 cm³/mol. The third-order valence-corrected chi connectivity index (χ3v) is 4.27. The fraction of sp³-hybridized carbons (Fsp3) is 0.562. The number of nitrogens with one attached hydrogen (secondary N) is 1. The lowest BCUT2D eigenvalue weighted by atomic mass is 9.98. The van der Waals surface area contributed by atoms with E-state index in [1.165, 1.54) is 16.8 Å². The highest BCUT2D eigenvalue weighted by molar-refractivity contribution is 5.68. The number of fused-ring (bicyclic) bond motifs is 1. The van der Waals surface area contributed by atoms with Gasteiger partial charge in [0.15, 0.2) is 0 Å². The number of anilines is 1. The predicted octanol–water partition coefficient (Wildman–Crippen LogP) is 1.61. The van der Waals surface area contributed by atoms with Gasteiger partial charge < -0.3 is 19.9 Å². The van der Waals surface area contributed by atoms with E-state index in [1.807, 2.05) is 6.92 Å². The number of amides is 1. The van der Waals surface area contributed by atoms with E-state index in [0.29, 0.717) is 6.61 Å². The summed E-state index contributed by atoms with van der Waals surface area (Å²) in [6.07, 6.45) is 0.917. The zero-order valence-corrected chi connectivity index (χ0v) is 12.6. The van der Waals surface area contributed by atoms with Gasteiger partial charge in [-0.3, -0.25) is 0 Å². The molecule has 21 heavy (non-hydrogen) atoms. The van der Waals surface area contributed by atoms with Crippen LogP contribution >= 0.6 is 0 Å². The summed E-state index contributed by atoms with van der Waals surface area (Å²) >= 11 is 0. The van der Waals surface area contributed by atoms with E-state index in [-0.39, 0.29) is 6.09 Å². The fourth-order valence-electron chi connectivity index (χ4n) is 3.14. The van der Waals surface area contributed by atoms with Gasteiger partial charge in [0.05, 0.1) is 6.61 Å². The second kappa shape index (κ2) is 6.35. The van der Waals surface area contributed by atoms with Gasteiger partial charge >= 0.3 is 6.09 Å². The molecule has 0 aromatic heterocycles. The Hall–Kier alpha value is -1.75. The average molecular weight is 289 g/mol. The van der Waals surface area contributed by atoms with E-state index < -0.39 is 0 Å². The summed E-state index contributed by atoms with van der Waals surface area (Å²) in [5.74, 6) is 0. The first-order chi connectivity index (χ1) is 10.3. The molecule has 1 N–H and O–H groups in total. The van der Waals surface area contributed by atoms with E-state index >= 15 is 0 Å². The number of hydrogen-bond acceptors (Lipinski definition) is 4. The van der Waals surface area contributed by atoms with E-state index in [0.717, 1.165) is 45.7 Å². The smallest absolute Gasteiger partial charge is 0.409 e. The van der Waals surface area contributed by atoms with Crippen molar-refractivity contribution in [1.82, 2.24) is 10.2 Å². The molecule has 0 aliphatic carbocycles. The Bertz CT molecular complexity index is 510. The number of nitrogens with zero attached hydrogens (tertiary/aromatic N) is 2. The first-order valence-electron chi connectivity index (χ1n) is 7.77. The number of carbonyl (C=O) groups excluding carboxylic acids is 1. The summed E-state index contributed by atoms with van der Waals surface area (Å²) in [7, 11) is 0. The van der Waals surface area contributed by atoms with Gasteiger partial charge in [-0.2, -0.15) is 0 Å². The van der Waals surface area contributed by atoms with Crippen LogP contribution in [0.5, 0.6) is 0 Å². The van der Waals surface area contributed by atoms with Crippen molar-refractivity contribution in [3.05, 3.63) is 29.3 Å². The third-order valence-electron chi connectivity index (χ3n) is 4.27. The van der Waals surface area contributed by atoms with Crippen LogP contribution in [-0.4, -0.2) is 50.3 Å². The monoisotopic (exact) mass is 289 g/mol. The number of piperazine rings is 1. The van der Waals surface area contributed by atoms with Crippen LogP contribution in [0.1, 0.15) is 18.1 Å². The van der Waals surface area contributed by atoms with Crippen molar-refractivity contribution in [2.75, 3.05) is 44.2 Å². The minimum atomic E-state index is -0.186. The van der Waals surface area contributed by atoms with Crippen molar-refractivity contribution in [2.24, 2.45) is 0 Å². The molecule has 2 aliphatic rings. The maximum absolute atomic E-state index is 11.7. The van der Waals surface area contributed by atoms with E-state index in [2.05, 4.69) is 28.4 Å². The maximum Gasteiger partial charge on any atom is 0.409 e. The van der Waals surface area contributed by atoms with Gasteiger partial charge in [0.25, 0.3) is 0 Å². The SMILES string of the molecule is CCOC(=O)N1CCN(c2cccc3c2CNCC3)CC1. The highest BCUT2D eigenvalue weighted by atomic mass is 16.6. The van der Waals surface area contributed by atoms with E-state index in [1.54, 1.807) is 4.90 Å². The molecule has 0 bridgehead atoms. The molecule has 0 unspecified atom stereocenters. The summed E-state index contributed by atoms with van der Waals surface area (Å²) in [4.78, 5) is 15.9. The molecule has 0 radical (unpaired) electrons. The lowest BCUT2D eigenvalue weighted by molar-refractivity contribution is 0.105. The van der Waals surface area contributed by atoms with Crippen LogP contribution in [0, 0.1) is 0 Å². The van der Waals surface area contributed by atoms with Crippen LogP contribution in [0.3, 0.4) is 0 Å². The molecular weight excluding hydrogens is 266 g/mol. The minimum Gasteiger partial charge on any atom is -0.450 e. The molecule has 5 heteroatoms. The Labute approximate surface area is 125 Å². The summed E-state index contributed by atoms with van der Waals surface area (Å²) < 4.78 is 5.07. The fourth-order valence-corrected chi connectivity index (χ4v) is 3.14. The molecule has 1 saturated heterocycles. The minimum absolute atomic E-state index is 0.186. The van der Waals surface area contributed by atoms with Crippen LogP contribution < -0.4 is 10.2 Å². The van der Waals surface area contributed by atoms with Crippen LogP contribution in [0.15, 0.2) is 18.2 Å². The summed E-state index contributed by atoms with van der Waals surface area (Å²) in [5.41, 5.74) is 4.20. The van der Waals surface area contributed by atoms with Crippen molar-refractivity contribution in [3.63, 3.8) is 0 Å². The third kappa shape index (κ3) is 2.97. The number of ether oxygens (including phenoxy) is 1. The van der Waals surface area contributed by atoms with Gasteiger partial charge in [-0.05, 0) is 37.1 Å². The molecule has 1 aromatic carbocycles. The number of benzene rings is 1. The van der Waals surface area contributed by atoms with Crippen LogP contribution in [-0.2, 0) is 17.7 Å². The Balaban J connectivity index is 1.69. The van der Waals surface area contributed by atoms with Crippen molar-refractivity contribution >= 4 is 11.8 Å². The Morgan fingerprint density at radius 3 is 2.86 bits per heavy atom. The highest BCUT2D eigenvalue weighted by Crippen LogP contribution is 2.27. The molecule has 0 spiro atoms.